The van der Waals surface area contributed by atoms with Crippen molar-refractivity contribution in [2.45, 2.75) is 26.7 Å². The molecule has 0 saturated heterocycles. The molecule has 0 aliphatic heterocycles. The van der Waals surface area contributed by atoms with Crippen LogP contribution in [-0.4, -0.2) is 80.3 Å². The van der Waals surface area contributed by atoms with Crippen molar-refractivity contribution in [3.05, 3.63) is 23.9 Å². The summed E-state index contributed by atoms with van der Waals surface area (Å²) in [6.45, 7) is 4.71. The van der Waals surface area contributed by atoms with Crippen molar-refractivity contribution in [1.29, 1.82) is 0 Å². The van der Waals surface area contributed by atoms with E-state index in [-0.39, 0.29) is 5.57 Å². The van der Waals surface area contributed by atoms with E-state index < -0.39 is 56.6 Å². The molecule has 11 nitrogen and oxygen atoms in total. The van der Waals surface area contributed by atoms with Gasteiger partial charge in [-0.25, -0.2) is 0 Å². The second-order valence-electron chi connectivity index (χ2n) is 6.04. The number of carbonyl (C=O) groups excluding carboxylic acids is 2. The molecule has 29 heavy (non-hydrogen) atoms. The van der Waals surface area contributed by atoms with E-state index >= 15 is 0 Å². The summed E-state index contributed by atoms with van der Waals surface area (Å²) >= 11 is 0. The van der Waals surface area contributed by atoms with Gasteiger partial charge in [0.15, 0.2) is 0 Å². The molecule has 0 bridgehead atoms. The Morgan fingerprint density at radius 2 is 1.28 bits per heavy atom. The molecule has 168 valence electrons. The van der Waals surface area contributed by atoms with Crippen molar-refractivity contribution >= 4 is 32.1 Å². The number of amides is 2. The SMILES string of the molecule is CCCN(C=CC=C(C(=O)NCCS(=O)(=O)O)C(=O)NCCS(=O)(=O)O)CCC. The highest BCUT2D eigenvalue weighted by atomic mass is 32.2. The zero-order valence-corrected chi connectivity index (χ0v) is 18.1. The van der Waals surface area contributed by atoms with E-state index in [0.29, 0.717) is 0 Å². The fraction of sp³-hybridized carbons (Fsp3) is 0.625. The van der Waals surface area contributed by atoms with Crippen LogP contribution >= 0.6 is 0 Å². The maximum atomic E-state index is 12.2. The van der Waals surface area contributed by atoms with Crippen molar-refractivity contribution in [2.75, 3.05) is 37.7 Å². The van der Waals surface area contributed by atoms with Gasteiger partial charge in [0.1, 0.15) is 5.57 Å². The van der Waals surface area contributed by atoms with Crippen molar-refractivity contribution in [1.82, 2.24) is 15.5 Å². The lowest BCUT2D eigenvalue weighted by molar-refractivity contribution is -0.123. The molecule has 13 heteroatoms. The minimum absolute atomic E-state index is 0.389. The van der Waals surface area contributed by atoms with Crippen LogP contribution in [0.2, 0.25) is 0 Å². The first-order valence-corrected chi connectivity index (χ1v) is 12.2. The van der Waals surface area contributed by atoms with Gasteiger partial charge in [-0.05, 0) is 31.2 Å². The predicted molar refractivity (Wildman–Crippen MR) is 108 cm³/mol. The Morgan fingerprint density at radius 1 is 0.862 bits per heavy atom. The summed E-state index contributed by atoms with van der Waals surface area (Å²) < 4.78 is 60.3. The number of nitrogens with zero attached hydrogens (tertiary/aromatic N) is 1. The quantitative estimate of drug-likeness (QED) is 0.0891. The molecule has 0 aliphatic rings. The normalized spacial score (nSPS) is 11.9. The number of hydrogen-bond donors (Lipinski definition) is 4. The highest BCUT2D eigenvalue weighted by Gasteiger charge is 2.18. The van der Waals surface area contributed by atoms with Crippen molar-refractivity contribution in [3.8, 4) is 0 Å². The lowest BCUT2D eigenvalue weighted by atomic mass is 10.2. The summed E-state index contributed by atoms with van der Waals surface area (Å²) in [6.07, 6.45) is 6.18. The number of hydrogen-bond acceptors (Lipinski definition) is 7. The summed E-state index contributed by atoms with van der Waals surface area (Å²) in [5, 5.41) is 4.39. The van der Waals surface area contributed by atoms with Gasteiger partial charge < -0.3 is 15.5 Å². The molecule has 0 unspecified atom stereocenters. The molecule has 0 radical (unpaired) electrons. The van der Waals surface area contributed by atoms with Gasteiger partial charge in [-0.15, -0.1) is 0 Å². The number of allylic oxidation sites excluding steroid dienone is 2. The zero-order valence-electron chi connectivity index (χ0n) is 16.5. The van der Waals surface area contributed by atoms with Gasteiger partial charge in [0, 0.05) is 26.2 Å². The predicted octanol–water partition coefficient (Wildman–Crippen LogP) is -0.443. The van der Waals surface area contributed by atoms with Crippen LogP contribution in [0.3, 0.4) is 0 Å². The van der Waals surface area contributed by atoms with Crippen molar-refractivity contribution in [2.24, 2.45) is 0 Å². The average Bonchev–Trinajstić information content (AvgIpc) is 2.56. The minimum Gasteiger partial charge on any atom is -0.377 e. The van der Waals surface area contributed by atoms with E-state index in [4.69, 9.17) is 9.11 Å². The van der Waals surface area contributed by atoms with Crippen molar-refractivity contribution in [3.63, 3.8) is 0 Å². The van der Waals surface area contributed by atoms with E-state index in [2.05, 4.69) is 10.6 Å². The van der Waals surface area contributed by atoms with Gasteiger partial charge in [-0.1, -0.05) is 13.8 Å². The van der Waals surface area contributed by atoms with Gasteiger partial charge in [-0.2, -0.15) is 16.8 Å². The molecule has 0 atom stereocenters. The molecular formula is C16H29N3O8S2. The molecule has 0 spiro atoms. The smallest absolute Gasteiger partial charge is 0.266 e. The van der Waals surface area contributed by atoms with Gasteiger partial charge in [0.25, 0.3) is 32.1 Å². The lowest BCUT2D eigenvalue weighted by Crippen LogP contribution is -2.38. The van der Waals surface area contributed by atoms with Gasteiger partial charge in [-0.3, -0.25) is 18.7 Å². The zero-order chi connectivity index (χ0) is 22.5. The van der Waals surface area contributed by atoms with Crippen LogP contribution in [-0.2, 0) is 29.8 Å². The molecule has 0 aliphatic carbocycles. The molecule has 0 aromatic rings. The second kappa shape index (κ2) is 13.3. The van der Waals surface area contributed by atoms with E-state index in [1.54, 1.807) is 6.20 Å². The minimum atomic E-state index is -4.29. The molecule has 0 heterocycles. The van der Waals surface area contributed by atoms with Crippen LogP contribution in [0.1, 0.15) is 26.7 Å². The first kappa shape index (κ1) is 27.0. The third kappa shape index (κ3) is 14.7. The Kier molecular flexibility index (Phi) is 12.4. The Labute approximate surface area is 171 Å². The van der Waals surface area contributed by atoms with E-state index in [1.807, 2.05) is 18.7 Å². The third-order valence-electron chi connectivity index (χ3n) is 3.36. The lowest BCUT2D eigenvalue weighted by Gasteiger charge is -2.18. The van der Waals surface area contributed by atoms with Crippen LogP contribution in [0.15, 0.2) is 23.9 Å². The van der Waals surface area contributed by atoms with Crippen molar-refractivity contribution < 1.29 is 35.5 Å². The summed E-state index contributed by atoms with van der Waals surface area (Å²) in [5.74, 6) is -3.26. The van der Waals surface area contributed by atoms with Gasteiger partial charge in [0.05, 0.1) is 11.5 Å². The molecule has 0 aromatic carbocycles. The first-order valence-electron chi connectivity index (χ1n) is 8.98. The fourth-order valence-electron chi connectivity index (χ4n) is 2.13. The van der Waals surface area contributed by atoms with E-state index in [1.165, 1.54) is 12.2 Å². The molecule has 4 N–H and O–H groups in total. The summed E-state index contributed by atoms with van der Waals surface area (Å²) in [4.78, 5) is 26.4. The van der Waals surface area contributed by atoms with E-state index in [9.17, 15) is 26.4 Å². The number of nitrogens with one attached hydrogen (secondary N) is 2. The van der Waals surface area contributed by atoms with Crippen LogP contribution in [0.5, 0.6) is 0 Å². The molecule has 0 aromatic heterocycles. The maximum absolute atomic E-state index is 12.2. The van der Waals surface area contributed by atoms with E-state index in [0.717, 1.165) is 25.9 Å². The largest absolute Gasteiger partial charge is 0.377 e. The summed E-state index contributed by atoms with van der Waals surface area (Å²) in [5.41, 5.74) is -0.389. The third-order valence-corrected chi connectivity index (χ3v) is 4.80. The second-order valence-corrected chi connectivity index (χ2v) is 9.19. The van der Waals surface area contributed by atoms with Crippen LogP contribution in [0.4, 0.5) is 0 Å². The standard InChI is InChI=1S/C16H29N3O8S2/c1-3-9-19(10-4-2)11-5-6-14(15(20)17-7-12-28(22,23)24)16(21)18-8-13-29(25,26)27/h5-6,11H,3-4,7-10,12-13H2,1-2H3,(H,17,20)(H,18,21)(H,22,23,24)(H,25,26,27). The van der Waals surface area contributed by atoms with Crippen LogP contribution < -0.4 is 10.6 Å². The van der Waals surface area contributed by atoms with Crippen LogP contribution in [0.25, 0.3) is 0 Å². The monoisotopic (exact) mass is 455 g/mol. The highest BCUT2D eigenvalue weighted by Crippen LogP contribution is 2.00. The number of rotatable bonds is 14. The Balaban J connectivity index is 5.28. The van der Waals surface area contributed by atoms with Gasteiger partial charge >= 0.3 is 0 Å². The summed E-state index contributed by atoms with van der Waals surface area (Å²) in [7, 11) is -8.57. The molecular weight excluding hydrogens is 426 g/mol. The Bertz CT molecular complexity index is 746. The molecule has 0 saturated carbocycles. The topological polar surface area (TPSA) is 170 Å². The highest BCUT2D eigenvalue weighted by molar-refractivity contribution is 7.86. The van der Waals surface area contributed by atoms with Crippen LogP contribution in [0, 0.1) is 0 Å². The Hall–Kier alpha value is -1.96. The fourth-order valence-corrected chi connectivity index (χ4v) is 2.85. The molecule has 0 fully saturated rings. The average molecular weight is 456 g/mol. The van der Waals surface area contributed by atoms with Gasteiger partial charge in [0.2, 0.25) is 0 Å². The molecule has 2 amide bonds. The first-order chi connectivity index (χ1) is 13.4. The summed E-state index contributed by atoms with van der Waals surface area (Å²) in [6, 6.07) is 0. The molecule has 0 rings (SSSR count). The number of carbonyl (C=O) groups is 2. The maximum Gasteiger partial charge on any atom is 0.266 e. The Morgan fingerprint density at radius 3 is 1.62 bits per heavy atom.